The Morgan fingerprint density at radius 1 is 1.58 bits per heavy atom. The zero-order chi connectivity index (χ0) is 8.13. The number of rotatable bonds is 0. The number of fused-ring (bicyclic) bond motifs is 5. The van der Waals surface area contributed by atoms with E-state index in [0.717, 1.165) is 5.92 Å². The van der Waals surface area contributed by atoms with Gasteiger partial charge in [-0.25, -0.2) is 0 Å². The van der Waals surface area contributed by atoms with Gasteiger partial charge in [-0.05, 0) is 25.1 Å². The fraction of sp³-hybridized carbons (Fsp3) is 0.500. The van der Waals surface area contributed by atoms with E-state index in [9.17, 15) is 0 Å². The molecule has 0 amide bonds. The van der Waals surface area contributed by atoms with E-state index in [-0.39, 0.29) is 0 Å². The van der Waals surface area contributed by atoms with Crippen molar-refractivity contribution < 1.29 is 0 Å². The number of nitrogens with zero attached hydrogens (tertiary/aromatic N) is 2. The van der Waals surface area contributed by atoms with E-state index < -0.39 is 0 Å². The molecule has 2 aliphatic rings. The Morgan fingerprint density at radius 3 is 3.42 bits per heavy atom. The van der Waals surface area contributed by atoms with Crippen LogP contribution in [0.25, 0.3) is 0 Å². The minimum Gasteiger partial charge on any atom is -0.297 e. The Hall–Kier alpha value is -0.890. The molecule has 2 heteroatoms. The van der Waals surface area contributed by atoms with Crippen LogP contribution in [-0.2, 0) is 0 Å². The number of likely N-dealkylation sites (tertiary alicyclic amines) is 1. The van der Waals surface area contributed by atoms with Gasteiger partial charge in [-0.1, -0.05) is 6.07 Å². The second kappa shape index (κ2) is 2.07. The quantitative estimate of drug-likeness (QED) is 0.572. The molecule has 2 bridgehead atoms. The van der Waals surface area contributed by atoms with Crippen LogP contribution in [0.15, 0.2) is 18.3 Å². The molecule has 1 saturated heterocycles. The fourth-order valence-electron chi connectivity index (χ4n) is 2.60. The molecule has 0 spiro atoms. The second-order valence-electron chi connectivity index (χ2n) is 3.87. The highest BCUT2D eigenvalue weighted by atomic mass is 15.2. The Labute approximate surface area is 72.2 Å². The van der Waals surface area contributed by atoms with E-state index in [1.807, 2.05) is 6.20 Å². The maximum absolute atomic E-state index is 4.45. The van der Waals surface area contributed by atoms with Crippen LogP contribution in [0.3, 0.4) is 0 Å². The lowest BCUT2D eigenvalue weighted by atomic mass is 10.0. The average Bonchev–Trinajstić information content (AvgIpc) is 2.62. The van der Waals surface area contributed by atoms with Gasteiger partial charge in [0.2, 0.25) is 0 Å². The summed E-state index contributed by atoms with van der Waals surface area (Å²) in [6.45, 7) is 1.23. The third-order valence-electron chi connectivity index (χ3n) is 3.17. The van der Waals surface area contributed by atoms with Crippen LogP contribution >= 0.6 is 0 Å². The molecule has 1 aliphatic carbocycles. The first kappa shape index (κ1) is 6.61. The summed E-state index contributed by atoms with van der Waals surface area (Å²) in [6, 6.07) is 4.91. The van der Waals surface area contributed by atoms with E-state index in [1.165, 1.54) is 24.2 Å². The predicted octanol–water partition coefficient (Wildman–Crippen LogP) is 1.56. The lowest BCUT2D eigenvalue weighted by Crippen LogP contribution is -2.23. The smallest absolute Gasteiger partial charge is 0.0610 e. The van der Waals surface area contributed by atoms with Crippen molar-refractivity contribution >= 4 is 0 Å². The van der Waals surface area contributed by atoms with Gasteiger partial charge in [-0.3, -0.25) is 9.88 Å². The van der Waals surface area contributed by atoms with Gasteiger partial charge in [-0.15, -0.1) is 0 Å². The van der Waals surface area contributed by atoms with Gasteiger partial charge in [0.15, 0.2) is 0 Å². The number of likely N-dealkylation sites (N-methyl/N-ethyl adjacent to an activating group) is 1. The highest BCUT2D eigenvalue weighted by Crippen LogP contribution is 2.47. The molecule has 0 N–H and O–H groups in total. The maximum Gasteiger partial charge on any atom is 0.0610 e. The molecule has 0 aromatic carbocycles. The van der Waals surface area contributed by atoms with E-state index in [2.05, 4.69) is 29.1 Å². The Bertz CT molecular complexity index is 321. The maximum atomic E-state index is 4.45. The lowest BCUT2D eigenvalue weighted by Gasteiger charge is -2.23. The summed E-state index contributed by atoms with van der Waals surface area (Å²) in [6.07, 6.45) is 3.20. The standard InChI is InChI=1S/C10H12N2/c1-12-6-7-5-9(12)10-8(7)3-2-4-11-10/h2-4,7,9H,5-6H2,1H3. The molecule has 2 atom stereocenters. The SMILES string of the molecule is CN1CC2CC1c1ncccc12. The molecule has 2 unspecified atom stereocenters. The summed E-state index contributed by atoms with van der Waals surface area (Å²) in [4.78, 5) is 6.87. The van der Waals surface area contributed by atoms with Crippen LogP contribution in [0, 0.1) is 0 Å². The van der Waals surface area contributed by atoms with Crippen molar-refractivity contribution in [2.75, 3.05) is 13.6 Å². The van der Waals surface area contributed by atoms with Crippen molar-refractivity contribution in [2.24, 2.45) is 0 Å². The summed E-state index contributed by atoms with van der Waals surface area (Å²) in [7, 11) is 2.20. The van der Waals surface area contributed by atoms with E-state index >= 15 is 0 Å². The van der Waals surface area contributed by atoms with E-state index in [4.69, 9.17) is 0 Å². The predicted molar refractivity (Wildman–Crippen MR) is 47.0 cm³/mol. The van der Waals surface area contributed by atoms with Gasteiger partial charge in [0.25, 0.3) is 0 Å². The normalized spacial score (nSPS) is 32.4. The molecule has 1 fully saturated rings. The fourth-order valence-corrected chi connectivity index (χ4v) is 2.60. The van der Waals surface area contributed by atoms with Crippen molar-refractivity contribution in [3.8, 4) is 0 Å². The molecule has 1 aromatic rings. The highest BCUT2D eigenvalue weighted by molar-refractivity contribution is 5.35. The first-order valence-electron chi connectivity index (χ1n) is 4.51. The number of aromatic nitrogens is 1. The van der Waals surface area contributed by atoms with Crippen molar-refractivity contribution in [1.82, 2.24) is 9.88 Å². The molecule has 2 heterocycles. The van der Waals surface area contributed by atoms with Gasteiger partial charge in [0.05, 0.1) is 11.7 Å². The van der Waals surface area contributed by atoms with E-state index in [1.54, 1.807) is 0 Å². The molecular weight excluding hydrogens is 148 g/mol. The van der Waals surface area contributed by atoms with Crippen LogP contribution in [0.1, 0.15) is 29.6 Å². The van der Waals surface area contributed by atoms with Crippen molar-refractivity contribution in [2.45, 2.75) is 18.4 Å². The Kier molecular flexibility index (Phi) is 1.14. The molecule has 1 aromatic heterocycles. The van der Waals surface area contributed by atoms with Gasteiger partial charge in [0, 0.05) is 18.7 Å². The summed E-state index contributed by atoms with van der Waals surface area (Å²) in [5, 5.41) is 0. The van der Waals surface area contributed by atoms with Crippen molar-refractivity contribution in [3.63, 3.8) is 0 Å². The largest absolute Gasteiger partial charge is 0.297 e. The lowest BCUT2D eigenvalue weighted by molar-refractivity contribution is 0.301. The summed E-state index contributed by atoms with van der Waals surface area (Å²) in [5.41, 5.74) is 2.83. The van der Waals surface area contributed by atoms with Gasteiger partial charge in [0.1, 0.15) is 0 Å². The van der Waals surface area contributed by atoms with Crippen LogP contribution in [0.5, 0.6) is 0 Å². The van der Waals surface area contributed by atoms with Gasteiger partial charge >= 0.3 is 0 Å². The van der Waals surface area contributed by atoms with Gasteiger partial charge in [-0.2, -0.15) is 0 Å². The number of hydrogen-bond acceptors (Lipinski definition) is 2. The minimum absolute atomic E-state index is 0.617. The summed E-state index contributed by atoms with van der Waals surface area (Å²) >= 11 is 0. The molecule has 1 aliphatic heterocycles. The molecule has 0 saturated carbocycles. The topological polar surface area (TPSA) is 16.1 Å². The van der Waals surface area contributed by atoms with Crippen LogP contribution < -0.4 is 0 Å². The number of hydrogen-bond donors (Lipinski definition) is 0. The second-order valence-corrected chi connectivity index (χ2v) is 3.87. The van der Waals surface area contributed by atoms with Crippen molar-refractivity contribution in [1.29, 1.82) is 0 Å². The average molecular weight is 160 g/mol. The molecule has 3 rings (SSSR count). The first-order valence-corrected chi connectivity index (χ1v) is 4.51. The molecule has 62 valence electrons. The van der Waals surface area contributed by atoms with Crippen molar-refractivity contribution in [3.05, 3.63) is 29.6 Å². The molecular formula is C10H12N2. The summed E-state index contributed by atoms with van der Waals surface area (Å²) < 4.78 is 0. The Balaban J connectivity index is 2.17. The third kappa shape index (κ3) is 0.661. The highest BCUT2D eigenvalue weighted by Gasteiger charge is 2.41. The molecule has 0 radical (unpaired) electrons. The molecule has 12 heavy (non-hydrogen) atoms. The van der Waals surface area contributed by atoms with Crippen LogP contribution in [0.2, 0.25) is 0 Å². The third-order valence-corrected chi connectivity index (χ3v) is 3.17. The monoisotopic (exact) mass is 160 g/mol. The Morgan fingerprint density at radius 2 is 2.50 bits per heavy atom. The minimum atomic E-state index is 0.617. The number of pyridine rings is 1. The van der Waals surface area contributed by atoms with Crippen LogP contribution in [0.4, 0.5) is 0 Å². The zero-order valence-electron chi connectivity index (χ0n) is 7.20. The summed E-state index contributed by atoms with van der Waals surface area (Å²) in [5.74, 6) is 0.767. The molecule has 2 nitrogen and oxygen atoms in total. The first-order chi connectivity index (χ1) is 5.86. The van der Waals surface area contributed by atoms with Crippen LogP contribution in [-0.4, -0.2) is 23.5 Å². The van der Waals surface area contributed by atoms with E-state index in [0.29, 0.717) is 6.04 Å². The van der Waals surface area contributed by atoms with Gasteiger partial charge < -0.3 is 0 Å². The zero-order valence-corrected chi connectivity index (χ0v) is 7.20.